The Kier molecular flexibility index (Phi) is 6.49. The predicted molar refractivity (Wildman–Crippen MR) is 115 cm³/mol. The van der Waals surface area contributed by atoms with Gasteiger partial charge in [0.05, 0.1) is 28.9 Å². The number of amides is 2. The SMILES string of the molecule is CC(C)Oc1ccc(C(=O)NCC(=O)N(C)[C@@H](C)c2nc3ccccc3s2)cc1. The van der Waals surface area contributed by atoms with Crippen molar-refractivity contribution in [3.8, 4) is 5.75 Å². The van der Waals surface area contributed by atoms with Gasteiger partial charge in [0.2, 0.25) is 5.91 Å². The highest BCUT2D eigenvalue weighted by Gasteiger charge is 2.21. The normalized spacial score (nSPS) is 12.0. The molecule has 0 bridgehead atoms. The zero-order valence-electron chi connectivity index (χ0n) is 17.0. The Morgan fingerprint density at radius 1 is 1.10 bits per heavy atom. The van der Waals surface area contributed by atoms with E-state index in [-0.39, 0.29) is 30.5 Å². The fraction of sp³-hybridized carbons (Fsp3) is 0.318. The molecule has 0 aliphatic rings. The summed E-state index contributed by atoms with van der Waals surface area (Å²) in [6.07, 6.45) is 0.0697. The molecule has 1 N–H and O–H groups in total. The molecule has 0 unspecified atom stereocenters. The van der Waals surface area contributed by atoms with E-state index in [0.29, 0.717) is 11.3 Å². The molecule has 1 aromatic heterocycles. The van der Waals surface area contributed by atoms with Crippen molar-refractivity contribution in [3.05, 3.63) is 59.1 Å². The van der Waals surface area contributed by atoms with Crippen LogP contribution in [-0.2, 0) is 4.79 Å². The Hall–Kier alpha value is -2.93. The van der Waals surface area contributed by atoms with Gasteiger partial charge in [0.1, 0.15) is 10.8 Å². The number of thiazole rings is 1. The summed E-state index contributed by atoms with van der Waals surface area (Å²) in [7, 11) is 1.73. The van der Waals surface area contributed by atoms with Crippen molar-refractivity contribution in [3.63, 3.8) is 0 Å². The highest BCUT2D eigenvalue weighted by Crippen LogP contribution is 2.28. The van der Waals surface area contributed by atoms with Gasteiger partial charge in [-0.3, -0.25) is 9.59 Å². The third kappa shape index (κ3) is 5.12. The molecule has 2 amide bonds. The summed E-state index contributed by atoms with van der Waals surface area (Å²) in [5, 5.41) is 3.55. The maximum atomic E-state index is 12.6. The molecule has 0 fully saturated rings. The summed E-state index contributed by atoms with van der Waals surface area (Å²) in [5.41, 5.74) is 1.41. The number of carbonyl (C=O) groups is 2. The summed E-state index contributed by atoms with van der Waals surface area (Å²) in [6, 6.07) is 14.6. The average molecular weight is 412 g/mol. The number of fused-ring (bicyclic) bond motifs is 1. The third-order valence-corrected chi connectivity index (χ3v) is 5.74. The molecule has 2 aromatic carbocycles. The first-order chi connectivity index (χ1) is 13.8. The Balaban J connectivity index is 1.57. The number of hydrogen-bond acceptors (Lipinski definition) is 5. The third-order valence-electron chi connectivity index (χ3n) is 4.53. The average Bonchev–Trinajstić information content (AvgIpc) is 3.15. The van der Waals surface area contributed by atoms with Gasteiger partial charge in [0, 0.05) is 12.6 Å². The first-order valence-corrected chi connectivity index (χ1v) is 10.3. The summed E-state index contributed by atoms with van der Waals surface area (Å²) in [5.74, 6) is 0.234. The van der Waals surface area contributed by atoms with Crippen LogP contribution in [0, 0.1) is 0 Å². The maximum absolute atomic E-state index is 12.6. The van der Waals surface area contributed by atoms with Crippen LogP contribution < -0.4 is 10.1 Å². The van der Waals surface area contributed by atoms with Crippen molar-refractivity contribution in [1.82, 2.24) is 15.2 Å². The van der Waals surface area contributed by atoms with Crippen molar-refractivity contribution in [1.29, 1.82) is 0 Å². The highest BCUT2D eigenvalue weighted by molar-refractivity contribution is 7.18. The van der Waals surface area contributed by atoms with E-state index in [1.807, 2.05) is 45.0 Å². The number of hydrogen-bond donors (Lipinski definition) is 1. The second-order valence-electron chi connectivity index (χ2n) is 7.07. The standard InChI is InChI=1S/C22H25N3O3S/c1-14(2)28-17-11-9-16(10-12-17)21(27)23-13-20(26)25(4)15(3)22-24-18-7-5-6-8-19(18)29-22/h5-12,14-15H,13H2,1-4H3,(H,23,27)/t15-/m0/s1. The number of nitrogens with zero attached hydrogens (tertiary/aromatic N) is 2. The Morgan fingerprint density at radius 2 is 1.79 bits per heavy atom. The molecule has 0 spiro atoms. The fourth-order valence-electron chi connectivity index (χ4n) is 2.79. The van der Waals surface area contributed by atoms with E-state index in [2.05, 4.69) is 10.3 Å². The van der Waals surface area contributed by atoms with Crippen LogP contribution in [0.5, 0.6) is 5.75 Å². The van der Waals surface area contributed by atoms with Crippen LogP contribution in [0.4, 0.5) is 0 Å². The molecule has 0 saturated heterocycles. The van der Waals surface area contributed by atoms with Crippen LogP contribution in [0.25, 0.3) is 10.2 Å². The molecule has 3 aromatic rings. The molecule has 0 aliphatic carbocycles. The number of likely N-dealkylation sites (N-methyl/N-ethyl adjacent to an activating group) is 1. The van der Waals surface area contributed by atoms with Gasteiger partial charge < -0.3 is 15.0 Å². The molecule has 152 valence electrons. The largest absolute Gasteiger partial charge is 0.491 e. The summed E-state index contributed by atoms with van der Waals surface area (Å²) in [6.45, 7) is 5.75. The number of nitrogens with one attached hydrogen (secondary N) is 1. The van der Waals surface area contributed by atoms with E-state index in [1.165, 1.54) is 0 Å². The van der Waals surface area contributed by atoms with Crippen LogP contribution in [0.3, 0.4) is 0 Å². The second kappa shape index (κ2) is 9.05. The molecule has 0 radical (unpaired) electrons. The first kappa shape index (κ1) is 20.8. The van der Waals surface area contributed by atoms with E-state index in [9.17, 15) is 9.59 Å². The van der Waals surface area contributed by atoms with E-state index < -0.39 is 0 Å². The lowest BCUT2D eigenvalue weighted by Gasteiger charge is -2.23. The number of carbonyl (C=O) groups excluding carboxylic acids is 2. The van der Waals surface area contributed by atoms with Gasteiger partial charge in [-0.25, -0.2) is 4.98 Å². The van der Waals surface area contributed by atoms with Crippen LogP contribution in [-0.4, -0.2) is 41.4 Å². The van der Waals surface area contributed by atoms with Crippen LogP contribution in [0.2, 0.25) is 0 Å². The zero-order chi connectivity index (χ0) is 21.0. The molecule has 6 nitrogen and oxygen atoms in total. The minimum Gasteiger partial charge on any atom is -0.491 e. The summed E-state index contributed by atoms with van der Waals surface area (Å²) >= 11 is 1.57. The second-order valence-corrected chi connectivity index (χ2v) is 8.14. The van der Waals surface area contributed by atoms with E-state index in [4.69, 9.17) is 4.74 Å². The molecule has 0 aliphatic heterocycles. The predicted octanol–water partition coefficient (Wildman–Crippen LogP) is 4.03. The van der Waals surface area contributed by atoms with E-state index >= 15 is 0 Å². The minimum atomic E-state index is -0.296. The van der Waals surface area contributed by atoms with Crippen LogP contribution >= 0.6 is 11.3 Å². The maximum Gasteiger partial charge on any atom is 0.251 e. The molecular formula is C22H25N3O3S. The van der Waals surface area contributed by atoms with Crippen LogP contribution in [0.1, 0.15) is 42.2 Å². The highest BCUT2D eigenvalue weighted by atomic mass is 32.1. The van der Waals surface area contributed by atoms with Gasteiger partial charge in [0.25, 0.3) is 5.91 Å². The van der Waals surface area contributed by atoms with Gasteiger partial charge in [-0.2, -0.15) is 0 Å². The molecule has 1 atom stereocenters. The molecule has 7 heteroatoms. The van der Waals surface area contributed by atoms with Crippen molar-refractivity contribution >= 4 is 33.4 Å². The number of rotatable bonds is 7. The monoisotopic (exact) mass is 411 g/mol. The molecular weight excluding hydrogens is 386 g/mol. The minimum absolute atomic E-state index is 0.0697. The quantitative estimate of drug-likeness (QED) is 0.637. The molecule has 29 heavy (non-hydrogen) atoms. The van der Waals surface area contributed by atoms with Gasteiger partial charge >= 0.3 is 0 Å². The van der Waals surface area contributed by atoms with Gasteiger partial charge in [-0.05, 0) is 57.2 Å². The van der Waals surface area contributed by atoms with Crippen LogP contribution in [0.15, 0.2) is 48.5 Å². The Morgan fingerprint density at radius 3 is 2.45 bits per heavy atom. The number of ether oxygens (including phenoxy) is 1. The van der Waals surface area contributed by atoms with E-state index in [1.54, 1.807) is 47.5 Å². The van der Waals surface area contributed by atoms with Crippen molar-refractivity contribution in [2.75, 3.05) is 13.6 Å². The Bertz CT molecular complexity index is 965. The lowest BCUT2D eigenvalue weighted by molar-refractivity contribution is -0.130. The fourth-order valence-corrected chi connectivity index (χ4v) is 3.85. The van der Waals surface area contributed by atoms with Gasteiger partial charge in [0.15, 0.2) is 0 Å². The first-order valence-electron chi connectivity index (χ1n) is 9.51. The van der Waals surface area contributed by atoms with Gasteiger partial charge in [-0.1, -0.05) is 12.1 Å². The van der Waals surface area contributed by atoms with Crippen molar-refractivity contribution in [2.45, 2.75) is 32.9 Å². The summed E-state index contributed by atoms with van der Waals surface area (Å²) in [4.78, 5) is 31.1. The smallest absolute Gasteiger partial charge is 0.251 e. The number of para-hydroxylation sites is 1. The zero-order valence-corrected chi connectivity index (χ0v) is 17.8. The van der Waals surface area contributed by atoms with Crippen molar-refractivity contribution < 1.29 is 14.3 Å². The number of aromatic nitrogens is 1. The Labute approximate surface area is 174 Å². The van der Waals surface area contributed by atoms with E-state index in [0.717, 1.165) is 15.2 Å². The lowest BCUT2D eigenvalue weighted by Crippen LogP contribution is -2.39. The molecule has 1 heterocycles. The molecule has 0 saturated carbocycles. The number of benzene rings is 2. The lowest BCUT2D eigenvalue weighted by atomic mass is 10.2. The summed E-state index contributed by atoms with van der Waals surface area (Å²) < 4.78 is 6.66. The topological polar surface area (TPSA) is 71.5 Å². The van der Waals surface area contributed by atoms with Crippen molar-refractivity contribution in [2.24, 2.45) is 0 Å². The molecule has 3 rings (SSSR count). The van der Waals surface area contributed by atoms with Gasteiger partial charge in [-0.15, -0.1) is 11.3 Å².